The molecule has 11 heteroatoms. The third-order valence-corrected chi connectivity index (χ3v) is 5.10. The van der Waals surface area contributed by atoms with Gasteiger partial charge in [0.05, 0.1) is 22.8 Å². The number of aromatic hydroxyl groups is 1. The molecule has 2 aromatic heterocycles. The number of rotatable bonds is 5. The quantitative estimate of drug-likeness (QED) is 0.204. The number of amides is 2. The van der Waals surface area contributed by atoms with Crippen molar-refractivity contribution in [2.75, 3.05) is 0 Å². The average Bonchev–Trinajstić information content (AvgIpc) is 3.22. The molecule has 0 unspecified atom stereocenters. The highest BCUT2D eigenvalue weighted by molar-refractivity contribution is 7.71. The third kappa shape index (κ3) is 4.29. The normalized spacial score (nSPS) is 10.7. The van der Waals surface area contributed by atoms with Gasteiger partial charge in [-0.1, -0.05) is 24.3 Å². The highest BCUT2D eigenvalue weighted by Crippen LogP contribution is 2.18. The summed E-state index contributed by atoms with van der Waals surface area (Å²) in [7, 11) is 0. The van der Waals surface area contributed by atoms with Crippen LogP contribution < -0.4 is 16.4 Å². The predicted octanol–water partition coefficient (Wildman–Crippen LogP) is 2.21. The second-order valence-electron chi connectivity index (χ2n) is 6.95. The van der Waals surface area contributed by atoms with E-state index in [4.69, 9.17) is 12.2 Å². The molecule has 166 valence electrons. The minimum atomic E-state index is -0.803. The van der Waals surface area contributed by atoms with Crippen LogP contribution in [0.3, 0.4) is 0 Å². The summed E-state index contributed by atoms with van der Waals surface area (Å²) >= 11 is 5.20. The molecule has 4 aromatic rings. The van der Waals surface area contributed by atoms with Crippen LogP contribution in [0.1, 0.15) is 20.8 Å². The number of aromatic nitrogens is 4. The van der Waals surface area contributed by atoms with Gasteiger partial charge < -0.3 is 10.1 Å². The summed E-state index contributed by atoms with van der Waals surface area (Å²) in [5.74, 6) is -1.79. The van der Waals surface area contributed by atoms with Gasteiger partial charge in [-0.3, -0.25) is 29.8 Å². The number of allylic oxidation sites excluding steroid dienone is 1. The van der Waals surface area contributed by atoms with Crippen molar-refractivity contribution in [2.24, 2.45) is 0 Å². The fraction of sp³-hybridized carbons (Fsp3) is 0.0455. The maximum atomic E-state index is 12.6. The Morgan fingerprint density at radius 3 is 2.61 bits per heavy atom. The summed E-state index contributed by atoms with van der Waals surface area (Å²) in [6.07, 6.45) is 2.85. The molecule has 0 saturated carbocycles. The molecule has 0 spiro atoms. The monoisotopic (exact) mass is 462 g/mol. The number of aromatic amines is 1. The molecular weight excluding hydrogens is 444 g/mol. The van der Waals surface area contributed by atoms with Gasteiger partial charge in [0.1, 0.15) is 0 Å². The van der Waals surface area contributed by atoms with Gasteiger partial charge in [0.25, 0.3) is 17.4 Å². The molecule has 0 fully saturated rings. The molecule has 4 rings (SSSR count). The molecule has 2 aromatic carbocycles. The van der Waals surface area contributed by atoms with Gasteiger partial charge in [-0.05, 0) is 42.5 Å². The highest BCUT2D eigenvalue weighted by Gasteiger charge is 2.18. The van der Waals surface area contributed by atoms with Crippen LogP contribution >= 0.6 is 12.2 Å². The fourth-order valence-electron chi connectivity index (χ4n) is 3.18. The molecule has 0 bridgehead atoms. The zero-order valence-electron chi connectivity index (χ0n) is 17.1. The molecule has 2 amide bonds. The zero-order valence-corrected chi connectivity index (χ0v) is 17.9. The summed E-state index contributed by atoms with van der Waals surface area (Å²) in [5, 5.41) is 14.5. The number of nitrogens with one attached hydrogen (secondary N) is 3. The van der Waals surface area contributed by atoms with Crippen molar-refractivity contribution < 1.29 is 14.7 Å². The van der Waals surface area contributed by atoms with Crippen molar-refractivity contribution in [2.45, 2.75) is 6.54 Å². The lowest BCUT2D eigenvalue weighted by atomic mass is 10.1. The summed E-state index contributed by atoms with van der Waals surface area (Å²) < 4.78 is 2.89. The van der Waals surface area contributed by atoms with Gasteiger partial charge in [0, 0.05) is 12.1 Å². The van der Waals surface area contributed by atoms with Crippen LogP contribution in [0.15, 0.2) is 72.2 Å². The zero-order chi connectivity index (χ0) is 23.5. The second-order valence-corrected chi connectivity index (χ2v) is 7.33. The first-order valence-electron chi connectivity index (χ1n) is 9.71. The third-order valence-electron chi connectivity index (χ3n) is 4.78. The van der Waals surface area contributed by atoms with Gasteiger partial charge in [-0.25, -0.2) is 4.68 Å². The van der Waals surface area contributed by atoms with Crippen LogP contribution in [-0.2, 0) is 6.54 Å². The van der Waals surface area contributed by atoms with Gasteiger partial charge in [0.2, 0.25) is 0 Å². The first kappa shape index (κ1) is 21.7. The van der Waals surface area contributed by atoms with E-state index >= 15 is 0 Å². The fourth-order valence-corrected chi connectivity index (χ4v) is 3.44. The van der Waals surface area contributed by atoms with Gasteiger partial charge in [0.15, 0.2) is 16.2 Å². The van der Waals surface area contributed by atoms with Crippen molar-refractivity contribution in [1.82, 2.24) is 30.2 Å². The Hall–Kier alpha value is -4.51. The Labute approximate surface area is 191 Å². The number of para-hydroxylation sites is 1. The number of hydrogen-bond donors (Lipinski definition) is 4. The number of carbonyl (C=O) groups is 2. The highest BCUT2D eigenvalue weighted by atomic mass is 32.1. The maximum Gasteiger partial charge on any atom is 0.294 e. The maximum absolute atomic E-state index is 12.6. The van der Waals surface area contributed by atoms with Crippen molar-refractivity contribution >= 4 is 34.9 Å². The van der Waals surface area contributed by atoms with Crippen LogP contribution in [0.25, 0.3) is 16.6 Å². The van der Waals surface area contributed by atoms with E-state index in [1.807, 2.05) is 6.07 Å². The predicted molar refractivity (Wildman–Crippen MR) is 124 cm³/mol. The number of nitrogens with zero attached hydrogens (tertiary/aromatic N) is 3. The van der Waals surface area contributed by atoms with Crippen LogP contribution in [-0.4, -0.2) is 36.3 Å². The van der Waals surface area contributed by atoms with E-state index in [9.17, 15) is 19.5 Å². The van der Waals surface area contributed by atoms with E-state index in [-0.39, 0.29) is 33.9 Å². The van der Waals surface area contributed by atoms with Gasteiger partial charge >= 0.3 is 0 Å². The number of hydrogen-bond acceptors (Lipinski definition) is 6. The molecule has 0 radical (unpaired) electrons. The van der Waals surface area contributed by atoms with E-state index in [1.165, 1.54) is 33.6 Å². The molecule has 2 heterocycles. The van der Waals surface area contributed by atoms with Crippen LogP contribution in [0.4, 0.5) is 0 Å². The molecular formula is C22H18N6O4S. The number of carbonyl (C=O) groups excluding carboxylic acids is 2. The Bertz CT molecular complexity index is 1500. The van der Waals surface area contributed by atoms with E-state index in [2.05, 4.69) is 27.5 Å². The van der Waals surface area contributed by atoms with Crippen molar-refractivity contribution in [3.05, 3.63) is 93.8 Å². The van der Waals surface area contributed by atoms with Crippen molar-refractivity contribution in [3.63, 3.8) is 0 Å². The van der Waals surface area contributed by atoms with Crippen LogP contribution in [0, 0.1) is 4.77 Å². The first-order chi connectivity index (χ1) is 15.9. The van der Waals surface area contributed by atoms with Crippen LogP contribution in [0.5, 0.6) is 5.75 Å². The minimum absolute atomic E-state index is 0.174. The lowest BCUT2D eigenvalue weighted by molar-refractivity contribution is 0.0842. The molecule has 4 N–H and O–H groups in total. The minimum Gasteiger partial charge on any atom is -0.504 e. The Balaban J connectivity index is 1.51. The number of H-pyrrole nitrogens is 1. The lowest BCUT2D eigenvalue weighted by Gasteiger charge is -2.09. The number of benzene rings is 2. The molecule has 0 aliphatic rings. The molecule has 0 aliphatic carbocycles. The van der Waals surface area contributed by atoms with Gasteiger partial charge in [-0.15, -0.1) is 6.58 Å². The summed E-state index contributed by atoms with van der Waals surface area (Å²) in [5.41, 5.74) is 5.12. The lowest BCUT2D eigenvalue weighted by Crippen LogP contribution is -2.41. The molecule has 0 saturated heterocycles. The number of fused-ring (bicyclic) bond motifs is 1. The topological polar surface area (TPSA) is 134 Å². The second kappa shape index (κ2) is 8.93. The smallest absolute Gasteiger partial charge is 0.294 e. The first-order valence-corrected chi connectivity index (χ1v) is 10.1. The molecule has 0 atom stereocenters. The SMILES string of the molecule is C=CCn1c(=S)[nH]c2cc(C(=O)NNC(=O)c3nn(-c4ccccc4)cc3O)ccc2c1=O. The van der Waals surface area contributed by atoms with E-state index < -0.39 is 11.8 Å². The molecule has 10 nitrogen and oxygen atoms in total. The molecule has 0 aliphatic heterocycles. The van der Waals surface area contributed by atoms with Crippen molar-refractivity contribution in [1.29, 1.82) is 0 Å². The Morgan fingerprint density at radius 2 is 1.88 bits per heavy atom. The van der Waals surface area contributed by atoms with Gasteiger partial charge in [-0.2, -0.15) is 5.10 Å². The van der Waals surface area contributed by atoms with E-state index in [0.717, 1.165) is 0 Å². The molecule has 33 heavy (non-hydrogen) atoms. The number of hydrazine groups is 1. The summed E-state index contributed by atoms with van der Waals surface area (Å²) in [4.78, 5) is 40.4. The van der Waals surface area contributed by atoms with E-state index in [0.29, 0.717) is 16.6 Å². The summed E-state index contributed by atoms with van der Waals surface area (Å²) in [6, 6.07) is 13.3. The standard InChI is InChI=1S/C22H18N6O4S/c1-2-10-27-21(32)15-9-8-13(11-16(15)23-22(27)33)19(30)24-25-20(31)18-17(29)12-28(26-18)14-6-4-3-5-7-14/h2-9,11-12,29H,1,10H2,(H,23,33)(H,24,30)(H,25,31). The average molecular weight is 462 g/mol. The summed E-state index contributed by atoms with van der Waals surface area (Å²) in [6.45, 7) is 3.86. The van der Waals surface area contributed by atoms with E-state index in [1.54, 1.807) is 30.3 Å². The van der Waals surface area contributed by atoms with Crippen molar-refractivity contribution in [3.8, 4) is 11.4 Å². The van der Waals surface area contributed by atoms with Crippen LogP contribution in [0.2, 0.25) is 0 Å². The Morgan fingerprint density at radius 1 is 1.15 bits per heavy atom. The Kier molecular flexibility index (Phi) is 5.87. The largest absolute Gasteiger partial charge is 0.504 e.